The van der Waals surface area contributed by atoms with Crippen molar-refractivity contribution in [1.82, 2.24) is 4.98 Å². The lowest BCUT2D eigenvalue weighted by atomic mass is 10.5. The molecule has 2 N–H and O–H groups in total. The second kappa shape index (κ2) is 5.47. The molecule has 0 spiro atoms. The summed E-state index contributed by atoms with van der Waals surface area (Å²) in [6, 6.07) is 0. The molecule has 0 bridgehead atoms. The van der Waals surface area contributed by atoms with Gasteiger partial charge in [0.1, 0.15) is 0 Å². The normalized spacial score (nSPS) is 10.4. The number of anilines is 1. The van der Waals surface area contributed by atoms with E-state index in [4.69, 9.17) is 5.73 Å². The summed E-state index contributed by atoms with van der Waals surface area (Å²) in [6.07, 6.45) is 2.11. The summed E-state index contributed by atoms with van der Waals surface area (Å²) in [5.41, 5.74) is 6.47. The average Bonchev–Trinajstić information content (AvgIpc) is 2.62. The zero-order valence-corrected chi connectivity index (χ0v) is 9.62. The zero-order valence-electron chi connectivity index (χ0n) is 7.99. The summed E-state index contributed by atoms with van der Waals surface area (Å²) in [5.74, 6) is 1.13. The standard InChI is InChI=1S/C8H15N3S2/c1-11(3-4-12-2)8-10-7(5-9)6-13-8/h6H,3-5,9H2,1-2H3. The van der Waals surface area contributed by atoms with Crippen molar-refractivity contribution in [2.45, 2.75) is 6.54 Å². The number of hydrogen-bond donors (Lipinski definition) is 1. The first kappa shape index (κ1) is 10.8. The first-order valence-corrected chi connectivity index (χ1v) is 6.39. The van der Waals surface area contributed by atoms with Crippen LogP contribution in [-0.2, 0) is 6.54 Å². The van der Waals surface area contributed by atoms with Crippen molar-refractivity contribution in [3.05, 3.63) is 11.1 Å². The molecule has 0 amide bonds. The summed E-state index contributed by atoms with van der Waals surface area (Å²) in [6.45, 7) is 1.57. The molecule has 3 nitrogen and oxygen atoms in total. The van der Waals surface area contributed by atoms with Crippen LogP contribution < -0.4 is 10.6 Å². The third-order valence-electron chi connectivity index (χ3n) is 1.71. The van der Waals surface area contributed by atoms with E-state index >= 15 is 0 Å². The van der Waals surface area contributed by atoms with Gasteiger partial charge in [-0.2, -0.15) is 11.8 Å². The quantitative estimate of drug-likeness (QED) is 0.809. The third-order valence-corrected chi connectivity index (χ3v) is 3.30. The van der Waals surface area contributed by atoms with E-state index in [1.807, 2.05) is 17.1 Å². The lowest BCUT2D eigenvalue weighted by Gasteiger charge is -2.14. The molecule has 1 aromatic rings. The van der Waals surface area contributed by atoms with Crippen LogP contribution in [-0.4, -0.2) is 30.6 Å². The average molecular weight is 217 g/mol. The largest absolute Gasteiger partial charge is 0.350 e. The lowest BCUT2D eigenvalue weighted by Crippen LogP contribution is -2.20. The summed E-state index contributed by atoms with van der Waals surface area (Å²) in [7, 11) is 2.06. The maximum absolute atomic E-state index is 5.48. The van der Waals surface area contributed by atoms with Crippen LogP contribution in [0.5, 0.6) is 0 Å². The maximum Gasteiger partial charge on any atom is 0.185 e. The molecular formula is C8H15N3S2. The molecule has 0 radical (unpaired) electrons. The van der Waals surface area contributed by atoms with E-state index in [-0.39, 0.29) is 0 Å². The van der Waals surface area contributed by atoms with Gasteiger partial charge in [0, 0.05) is 31.3 Å². The van der Waals surface area contributed by atoms with Crippen LogP contribution in [0.4, 0.5) is 5.13 Å². The van der Waals surface area contributed by atoms with E-state index in [0.29, 0.717) is 6.54 Å². The van der Waals surface area contributed by atoms with Crippen molar-refractivity contribution in [2.24, 2.45) is 5.73 Å². The molecule has 0 saturated heterocycles. The highest BCUT2D eigenvalue weighted by atomic mass is 32.2. The summed E-state index contributed by atoms with van der Waals surface area (Å²) >= 11 is 3.51. The minimum atomic E-state index is 0.535. The van der Waals surface area contributed by atoms with E-state index in [9.17, 15) is 0 Å². The van der Waals surface area contributed by atoms with Crippen molar-refractivity contribution in [3.63, 3.8) is 0 Å². The Hall–Kier alpha value is -0.260. The van der Waals surface area contributed by atoms with Gasteiger partial charge in [0.15, 0.2) is 5.13 Å². The number of hydrogen-bond acceptors (Lipinski definition) is 5. The van der Waals surface area contributed by atoms with Crippen molar-refractivity contribution >= 4 is 28.2 Å². The fraction of sp³-hybridized carbons (Fsp3) is 0.625. The van der Waals surface area contributed by atoms with Gasteiger partial charge in [0.2, 0.25) is 0 Å². The van der Waals surface area contributed by atoms with Gasteiger partial charge in [-0.3, -0.25) is 0 Å². The number of thioether (sulfide) groups is 1. The van der Waals surface area contributed by atoms with Crippen LogP contribution >= 0.6 is 23.1 Å². The molecule has 0 aliphatic carbocycles. The summed E-state index contributed by atoms with van der Waals surface area (Å²) < 4.78 is 0. The molecule has 0 aliphatic rings. The highest BCUT2D eigenvalue weighted by molar-refractivity contribution is 7.98. The number of rotatable bonds is 5. The zero-order chi connectivity index (χ0) is 9.68. The Bertz CT molecular complexity index is 249. The van der Waals surface area contributed by atoms with Crippen molar-refractivity contribution in [1.29, 1.82) is 0 Å². The van der Waals surface area contributed by atoms with Gasteiger partial charge in [-0.1, -0.05) is 0 Å². The highest BCUT2D eigenvalue weighted by Gasteiger charge is 2.04. The minimum Gasteiger partial charge on any atom is -0.350 e. The molecule has 0 atom stereocenters. The van der Waals surface area contributed by atoms with Crippen molar-refractivity contribution < 1.29 is 0 Å². The predicted molar refractivity (Wildman–Crippen MR) is 61.7 cm³/mol. The molecule has 0 aliphatic heterocycles. The van der Waals surface area contributed by atoms with Gasteiger partial charge in [-0.05, 0) is 6.26 Å². The molecule has 74 valence electrons. The van der Waals surface area contributed by atoms with Crippen LogP contribution in [0.15, 0.2) is 5.38 Å². The van der Waals surface area contributed by atoms with E-state index in [0.717, 1.165) is 23.1 Å². The number of nitrogens with two attached hydrogens (primary N) is 1. The molecule has 13 heavy (non-hydrogen) atoms. The van der Waals surface area contributed by atoms with E-state index in [1.54, 1.807) is 11.3 Å². The fourth-order valence-corrected chi connectivity index (χ4v) is 2.18. The molecule has 5 heteroatoms. The number of thiazole rings is 1. The minimum absolute atomic E-state index is 0.535. The molecule has 1 heterocycles. The Kier molecular flexibility index (Phi) is 4.55. The van der Waals surface area contributed by atoms with Gasteiger partial charge in [0.05, 0.1) is 5.69 Å². The first-order chi connectivity index (χ1) is 6.27. The smallest absolute Gasteiger partial charge is 0.185 e. The Labute approximate surface area is 87.3 Å². The second-order valence-electron chi connectivity index (χ2n) is 2.74. The van der Waals surface area contributed by atoms with Gasteiger partial charge >= 0.3 is 0 Å². The third kappa shape index (κ3) is 3.17. The molecule has 0 unspecified atom stereocenters. The Morgan fingerprint density at radius 1 is 1.69 bits per heavy atom. The van der Waals surface area contributed by atoms with Crippen LogP contribution in [0.3, 0.4) is 0 Å². The van der Waals surface area contributed by atoms with E-state index in [2.05, 4.69) is 23.2 Å². The predicted octanol–water partition coefficient (Wildman–Crippen LogP) is 1.40. The van der Waals surface area contributed by atoms with Crippen LogP contribution in [0, 0.1) is 0 Å². The lowest BCUT2D eigenvalue weighted by molar-refractivity contribution is 0.940. The van der Waals surface area contributed by atoms with Crippen LogP contribution in [0.1, 0.15) is 5.69 Å². The van der Waals surface area contributed by atoms with Gasteiger partial charge in [-0.25, -0.2) is 4.98 Å². The summed E-state index contributed by atoms with van der Waals surface area (Å²) in [5, 5.41) is 3.08. The summed E-state index contributed by atoms with van der Waals surface area (Å²) in [4.78, 5) is 6.56. The monoisotopic (exact) mass is 217 g/mol. The molecule has 1 aromatic heterocycles. The van der Waals surface area contributed by atoms with Crippen LogP contribution in [0.2, 0.25) is 0 Å². The molecule has 0 fully saturated rings. The molecule has 0 aromatic carbocycles. The first-order valence-electron chi connectivity index (χ1n) is 4.12. The number of aromatic nitrogens is 1. The Morgan fingerprint density at radius 3 is 3.00 bits per heavy atom. The second-order valence-corrected chi connectivity index (χ2v) is 4.56. The Balaban J connectivity index is 2.50. The molecule has 0 saturated carbocycles. The fourth-order valence-electron chi connectivity index (χ4n) is 0.889. The Morgan fingerprint density at radius 2 is 2.46 bits per heavy atom. The molecule has 1 rings (SSSR count). The van der Waals surface area contributed by atoms with Gasteiger partial charge in [-0.15, -0.1) is 11.3 Å². The van der Waals surface area contributed by atoms with Gasteiger partial charge < -0.3 is 10.6 Å². The maximum atomic E-state index is 5.48. The highest BCUT2D eigenvalue weighted by Crippen LogP contribution is 2.18. The number of nitrogens with zero attached hydrogens (tertiary/aromatic N) is 2. The topological polar surface area (TPSA) is 42.2 Å². The van der Waals surface area contributed by atoms with Crippen LogP contribution in [0.25, 0.3) is 0 Å². The SMILES string of the molecule is CSCCN(C)c1nc(CN)cs1. The van der Waals surface area contributed by atoms with Crippen molar-refractivity contribution in [3.8, 4) is 0 Å². The molecular weight excluding hydrogens is 202 g/mol. The van der Waals surface area contributed by atoms with Crippen molar-refractivity contribution in [2.75, 3.05) is 30.5 Å². The van der Waals surface area contributed by atoms with Gasteiger partial charge in [0.25, 0.3) is 0 Å². The van der Waals surface area contributed by atoms with E-state index in [1.165, 1.54) is 0 Å². The van der Waals surface area contributed by atoms with E-state index < -0.39 is 0 Å².